The molecule has 17 heavy (non-hydrogen) atoms. The monoisotopic (exact) mass is 240 g/mol. The third-order valence-corrected chi connectivity index (χ3v) is 3.88. The highest BCUT2D eigenvalue weighted by atomic mass is 16.2. The molecular formula is C14H28N2O. The van der Waals surface area contributed by atoms with E-state index in [0.29, 0.717) is 12.0 Å². The molecule has 1 aliphatic carbocycles. The summed E-state index contributed by atoms with van der Waals surface area (Å²) in [6.07, 6.45) is 6.18. The van der Waals surface area contributed by atoms with Crippen LogP contribution in [0.15, 0.2) is 0 Å². The van der Waals surface area contributed by atoms with Gasteiger partial charge in [-0.25, -0.2) is 0 Å². The van der Waals surface area contributed by atoms with Gasteiger partial charge in [0.25, 0.3) is 0 Å². The van der Waals surface area contributed by atoms with Crippen molar-refractivity contribution in [3.8, 4) is 0 Å². The summed E-state index contributed by atoms with van der Waals surface area (Å²) in [4.78, 5) is 13.9. The van der Waals surface area contributed by atoms with Crippen molar-refractivity contribution >= 4 is 5.91 Å². The topological polar surface area (TPSA) is 32.3 Å². The van der Waals surface area contributed by atoms with Crippen LogP contribution in [0.5, 0.6) is 0 Å². The molecule has 0 aromatic carbocycles. The molecule has 0 heterocycles. The number of carbonyl (C=O) groups excluding carboxylic acids is 1. The van der Waals surface area contributed by atoms with Crippen LogP contribution >= 0.6 is 0 Å². The fourth-order valence-electron chi connectivity index (χ4n) is 2.73. The third kappa shape index (κ3) is 4.30. The van der Waals surface area contributed by atoms with E-state index in [0.717, 1.165) is 13.0 Å². The lowest BCUT2D eigenvalue weighted by Crippen LogP contribution is -2.49. The quantitative estimate of drug-likeness (QED) is 0.800. The maximum Gasteiger partial charge on any atom is 0.239 e. The molecule has 2 unspecified atom stereocenters. The number of hydrogen-bond donors (Lipinski definition) is 1. The zero-order valence-corrected chi connectivity index (χ0v) is 11.8. The Bertz CT molecular complexity index is 242. The van der Waals surface area contributed by atoms with Crippen LogP contribution in [-0.2, 0) is 4.79 Å². The summed E-state index contributed by atoms with van der Waals surface area (Å²) in [6, 6.07) is 0.481. The first-order valence-corrected chi connectivity index (χ1v) is 7.07. The Morgan fingerprint density at radius 1 is 1.41 bits per heavy atom. The fourth-order valence-corrected chi connectivity index (χ4v) is 2.73. The van der Waals surface area contributed by atoms with E-state index in [2.05, 4.69) is 19.2 Å². The molecule has 1 aliphatic rings. The zero-order chi connectivity index (χ0) is 12.8. The van der Waals surface area contributed by atoms with Crippen LogP contribution in [0.25, 0.3) is 0 Å². The van der Waals surface area contributed by atoms with Gasteiger partial charge in [0.2, 0.25) is 5.91 Å². The largest absolute Gasteiger partial charge is 0.344 e. The van der Waals surface area contributed by atoms with Crippen molar-refractivity contribution in [3.63, 3.8) is 0 Å². The first-order valence-electron chi connectivity index (χ1n) is 7.07. The molecule has 1 saturated carbocycles. The summed E-state index contributed by atoms with van der Waals surface area (Å²) in [7, 11) is 1.90. The number of carbonyl (C=O) groups is 1. The van der Waals surface area contributed by atoms with Crippen LogP contribution in [0.1, 0.15) is 52.9 Å². The molecule has 0 saturated heterocycles. The summed E-state index contributed by atoms with van der Waals surface area (Å²) in [5.41, 5.74) is 0. The Morgan fingerprint density at radius 2 is 2.06 bits per heavy atom. The van der Waals surface area contributed by atoms with Gasteiger partial charge in [-0.3, -0.25) is 4.79 Å². The van der Waals surface area contributed by atoms with Gasteiger partial charge in [-0.1, -0.05) is 26.7 Å². The minimum absolute atomic E-state index is 0.0444. The van der Waals surface area contributed by atoms with Gasteiger partial charge in [0, 0.05) is 19.6 Å². The predicted octanol–water partition coefficient (Wildman–Crippen LogP) is 2.41. The van der Waals surface area contributed by atoms with Crippen LogP contribution < -0.4 is 5.32 Å². The number of nitrogens with zero attached hydrogens (tertiary/aromatic N) is 1. The van der Waals surface area contributed by atoms with E-state index >= 15 is 0 Å². The van der Waals surface area contributed by atoms with Crippen molar-refractivity contribution < 1.29 is 4.79 Å². The van der Waals surface area contributed by atoms with Gasteiger partial charge in [-0.15, -0.1) is 0 Å². The molecule has 0 aliphatic heterocycles. The molecule has 3 atom stereocenters. The van der Waals surface area contributed by atoms with E-state index in [4.69, 9.17) is 0 Å². The van der Waals surface area contributed by atoms with Crippen LogP contribution in [-0.4, -0.2) is 36.5 Å². The molecule has 100 valence electrons. The van der Waals surface area contributed by atoms with E-state index in [9.17, 15) is 4.79 Å². The molecule has 3 heteroatoms. The fraction of sp³-hybridized carbons (Fsp3) is 0.929. The van der Waals surface area contributed by atoms with Crippen molar-refractivity contribution in [1.82, 2.24) is 10.2 Å². The van der Waals surface area contributed by atoms with Crippen molar-refractivity contribution in [1.29, 1.82) is 0 Å². The van der Waals surface area contributed by atoms with Gasteiger partial charge in [-0.05, 0) is 32.1 Å². The number of rotatable bonds is 5. The number of amides is 1. The van der Waals surface area contributed by atoms with E-state index in [1.54, 1.807) is 0 Å². The lowest BCUT2D eigenvalue weighted by atomic mass is 9.85. The standard InChI is InChI=1S/C14H28N2O/c1-5-10-16(4)14(17)12(3)15-13-9-7-6-8-11(13)2/h11-13,15H,5-10H2,1-4H3/t11?,12?,13-/m0/s1. The number of nitrogens with one attached hydrogen (secondary N) is 1. The highest BCUT2D eigenvalue weighted by Crippen LogP contribution is 2.24. The molecule has 0 aromatic rings. The van der Waals surface area contributed by atoms with Crippen LogP contribution in [0, 0.1) is 5.92 Å². The lowest BCUT2D eigenvalue weighted by molar-refractivity contribution is -0.132. The van der Waals surface area contributed by atoms with Gasteiger partial charge in [0.1, 0.15) is 0 Å². The Balaban J connectivity index is 2.41. The second-order valence-electron chi connectivity index (χ2n) is 5.52. The zero-order valence-electron chi connectivity index (χ0n) is 11.8. The normalized spacial score (nSPS) is 26.6. The molecule has 1 fully saturated rings. The van der Waals surface area contributed by atoms with Gasteiger partial charge in [0.05, 0.1) is 6.04 Å². The van der Waals surface area contributed by atoms with E-state index in [-0.39, 0.29) is 11.9 Å². The Morgan fingerprint density at radius 3 is 2.65 bits per heavy atom. The summed E-state index contributed by atoms with van der Waals surface area (Å²) in [5, 5.41) is 3.52. The first kappa shape index (κ1) is 14.5. The molecule has 1 N–H and O–H groups in total. The molecule has 3 nitrogen and oxygen atoms in total. The van der Waals surface area contributed by atoms with E-state index in [1.807, 2.05) is 18.9 Å². The van der Waals surface area contributed by atoms with Crippen molar-refractivity contribution in [2.75, 3.05) is 13.6 Å². The van der Waals surface area contributed by atoms with Gasteiger partial charge in [-0.2, -0.15) is 0 Å². The van der Waals surface area contributed by atoms with Gasteiger partial charge < -0.3 is 10.2 Å². The van der Waals surface area contributed by atoms with Crippen LogP contribution in [0.2, 0.25) is 0 Å². The summed E-state index contributed by atoms with van der Waals surface area (Å²) < 4.78 is 0. The van der Waals surface area contributed by atoms with Crippen LogP contribution in [0.3, 0.4) is 0 Å². The summed E-state index contributed by atoms with van der Waals surface area (Å²) in [6.45, 7) is 7.25. The average molecular weight is 240 g/mol. The third-order valence-electron chi connectivity index (χ3n) is 3.88. The minimum atomic E-state index is -0.0444. The SMILES string of the molecule is CCCN(C)C(=O)C(C)N[C@H]1CCCCC1C. The van der Waals surface area contributed by atoms with Crippen molar-refractivity contribution in [2.45, 2.75) is 65.0 Å². The predicted molar refractivity (Wildman–Crippen MR) is 71.9 cm³/mol. The second kappa shape index (κ2) is 7.00. The first-order chi connectivity index (χ1) is 8.06. The lowest BCUT2D eigenvalue weighted by Gasteiger charge is -2.33. The Hall–Kier alpha value is -0.570. The molecule has 0 spiro atoms. The highest BCUT2D eigenvalue weighted by Gasteiger charge is 2.25. The van der Waals surface area contributed by atoms with Crippen molar-refractivity contribution in [2.24, 2.45) is 5.92 Å². The van der Waals surface area contributed by atoms with Gasteiger partial charge in [0.15, 0.2) is 0 Å². The maximum atomic E-state index is 12.1. The van der Waals surface area contributed by atoms with Crippen LogP contribution in [0.4, 0.5) is 0 Å². The maximum absolute atomic E-state index is 12.1. The molecular weight excluding hydrogens is 212 g/mol. The van der Waals surface area contributed by atoms with Crippen molar-refractivity contribution in [3.05, 3.63) is 0 Å². The smallest absolute Gasteiger partial charge is 0.239 e. The number of hydrogen-bond acceptors (Lipinski definition) is 2. The Kier molecular flexibility index (Phi) is 5.96. The summed E-state index contributed by atoms with van der Waals surface area (Å²) >= 11 is 0. The van der Waals surface area contributed by atoms with E-state index < -0.39 is 0 Å². The molecule has 0 aromatic heterocycles. The Labute approximate surface area is 106 Å². The molecule has 0 radical (unpaired) electrons. The number of likely N-dealkylation sites (N-methyl/N-ethyl adjacent to an activating group) is 1. The van der Waals surface area contributed by atoms with E-state index in [1.165, 1.54) is 25.7 Å². The molecule has 1 amide bonds. The summed E-state index contributed by atoms with van der Waals surface area (Å²) in [5.74, 6) is 0.931. The minimum Gasteiger partial charge on any atom is -0.344 e. The second-order valence-corrected chi connectivity index (χ2v) is 5.52. The highest BCUT2D eigenvalue weighted by molar-refractivity contribution is 5.81. The average Bonchev–Trinajstić information content (AvgIpc) is 2.31. The molecule has 1 rings (SSSR count). The van der Waals surface area contributed by atoms with Gasteiger partial charge >= 0.3 is 0 Å². The molecule has 0 bridgehead atoms.